The molecule has 2 aromatic rings. The van der Waals surface area contributed by atoms with Crippen LogP contribution < -0.4 is 0 Å². The average molecular weight is 413 g/mol. The first-order valence-corrected chi connectivity index (χ1v) is 7.64. The molecule has 0 saturated heterocycles. The van der Waals surface area contributed by atoms with E-state index in [1.807, 2.05) is 12.1 Å². The minimum Gasteiger partial charge on any atom is -0.292 e. The van der Waals surface area contributed by atoms with E-state index in [9.17, 15) is 10.1 Å². The molecule has 100 valence electrons. The molecule has 0 spiro atoms. The topological polar surface area (TPSA) is 40.9 Å². The Balaban J connectivity index is 2.45. The normalized spacial score (nSPS) is 11.7. The number of nitriles is 1. The molecular weight excluding hydrogens is 405 g/mol. The van der Waals surface area contributed by atoms with Gasteiger partial charge in [-0.1, -0.05) is 45.7 Å². The van der Waals surface area contributed by atoms with Gasteiger partial charge < -0.3 is 0 Å². The number of Topliss-reactive ketones (excluding diaryl/α,β-unsaturated/α-hetero) is 1. The number of benzene rings is 2. The molecule has 20 heavy (non-hydrogen) atoms. The lowest BCUT2D eigenvalue weighted by molar-refractivity contribution is 0.0978. The Kier molecular flexibility index (Phi) is 4.98. The van der Waals surface area contributed by atoms with E-state index in [1.165, 1.54) is 0 Å². The molecule has 0 radical (unpaired) electrons. The van der Waals surface area contributed by atoms with Gasteiger partial charge in [-0.25, -0.2) is 0 Å². The number of carbonyl (C=O) groups is 1. The van der Waals surface area contributed by atoms with Crippen molar-refractivity contribution < 1.29 is 4.79 Å². The second-order valence-electron chi connectivity index (χ2n) is 4.07. The van der Waals surface area contributed by atoms with Crippen LogP contribution in [0.2, 0.25) is 5.02 Å². The molecule has 0 bridgehead atoms. The van der Waals surface area contributed by atoms with Crippen molar-refractivity contribution in [3.05, 3.63) is 67.6 Å². The largest absolute Gasteiger partial charge is 0.292 e. The van der Waals surface area contributed by atoms with Gasteiger partial charge in [-0.15, -0.1) is 0 Å². The molecule has 0 fully saturated rings. The van der Waals surface area contributed by atoms with Crippen molar-refractivity contribution in [2.24, 2.45) is 0 Å². The van der Waals surface area contributed by atoms with Crippen LogP contribution in [-0.2, 0) is 0 Å². The fourth-order valence-electron chi connectivity index (χ4n) is 1.82. The van der Waals surface area contributed by atoms with Crippen molar-refractivity contribution in [1.82, 2.24) is 0 Å². The van der Waals surface area contributed by atoms with Crippen LogP contribution in [0, 0.1) is 11.3 Å². The van der Waals surface area contributed by atoms with Crippen molar-refractivity contribution in [3.8, 4) is 6.07 Å². The SMILES string of the molecule is N#CC(C(=O)c1ccc(Cl)cc1Br)c1ccccc1Br. The van der Waals surface area contributed by atoms with Crippen molar-refractivity contribution in [1.29, 1.82) is 5.26 Å². The van der Waals surface area contributed by atoms with Gasteiger partial charge in [0.15, 0.2) is 5.78 Å². The Hall–Kier alpha value is -1.15. The molecule has 0 aromatic heterocycles. The van der Waals surface area contributed by atoms with Crippen LogP contribution in [0.3, 0.4) is 0 Å². The molecule has 0 aliphatic heterocycles. The van der Waals surface area contributed by atoms with E-state index in [4.69, 9.17) is 11.6 Å². The summed E-state index contributed by atoms with van der Waals surface area (Å²) < 4.78 is 1.33. The van der Waals surface area contributed by atoms with E-state index in [1.54, 1.807) is 30.3 Å². The monoisotopic (exact) mass is 411 g/mol. The van der Waals surface area contributed by atoms with Gasteiger partial charge in [-0.05, 0) is 45.8 Å². The molecule has 0 N–H and O–H groups in total. The lowest BCUT2D eigenvalue weighted by Crippen LogP contribution is -2.12. The predicted molar refractivity (Wildman–Crippen MR) is 86.0 cm³/mol. The number of hydrogen-bond acceptors (Lipinski definition) is 2. The number of nitrogens with zero attached hydrogens (tertiary/aromatic N) is 1. The number of rotatable bonds is 3. The van der Waals surface area contributed by atoms with Crippen LogP contribution in [0.4, 0.5) is 0 Å². The van der Waals surface area contributed by atoms with Gasteiger partial charge in [0.05, 0.1) is 6.07 Å². The van der Waals surface area contributed by atoms with Crippen LogP contribution >= 0.6 is 43.5 Å². The van der Waals surface area contributed by atoms with Gasteiger partial charge in [0.1, 0.15) is 5.92 Å². The van der Waals surface area contributed by atoms with Crippen LogP contribution in [-0.4, -0.2) is 5.78 Å². The van der Waals surface area contributed by atoms with Crippen LogP contribution in [0.5, 0.6) is 0 Å². The molecule has 0 amide bonds. The summed E-state index contributed by atoms with van der Waals surface area (Å²) in [4.78, 5) is 12.5. The van der Waals surface area contributed by atoms with E-state index < -0.39 is 5.92 Å². The standard InChI is InChI=1S/C15H8Br2ClNO/c16-13-4-2-1-3-10(13)12(8-19)15(20)11-6-5-9(18)7-14(11)17/h1-7,12H. The third kappa shape index (κ3) is 3.12. The Morgan fingerprint density at radius 2 is 1.85 bits per heavy atom. The highest BCUT2D eigenvalue weighted by atomic mass is 79.9. The highest BCUT2D eigenvalue weighted by Crippen LogP contribution is 2.30. The first kappa shape index (κ1) is 15.2. The van der Waals surface area contributed by atoms with E-state index in [0.717, 1.165) is 4.47 Å². The summed E-state index contributed by atoms with van der Waals surface area (Å²) in [6, 6.07) is 14.2. The molecule has 0 saturated carbocycles. The summed E-state index contributed by atoms with van der Waals surface area (Å²) in [5.41, 5.74) is 1.10. The first-order valence-electron chi connectivity index (χ1n) is 5.68. The molecule has 1 unspecified atom stereocenters. The minimum absolute atomic E-state index is 0.261. The van der Waals surface area contributed by atoms with Crippen molar-refractivity contribution in [2.75, 3.05) is 0 Å². The summed E-state index contributed by atoms with van der Waals surface area (Å²) in [7, 11) is 0. The zero-order valence-electron chi connectivity index (χ0n) is 10.1. The third-order valence-electron chi connectivity index (χ3n) is 2.80. The highest BCUT2D eigenvalue weighted by Gasteiger charge is 2.25. The molecule has 1 atom stereocenters. The maximum absolute atomic E-state index is 12.5. The molecule has 2 rings (SSSR count). The lowest BCUT2D eigenvalue weighted by Gasteiger charge is -2.12. The molecular formula is C15H8Br2ClNO. The van der Waals surface area contributed by atoms with Crippen molar-refractivity contribution >= 4 is 49.2 Å². The van der Waals surface area contributed by atoms with Gasteiger partial charge in [0.2, 0.25) is 0 Å². The third-order valence-corrected chi connectivity index (χ3v) is 4.42. The number of carbonyl (C=O) groups excluding carboxylic acids is 1. The zero-order chi connectivity index (χ0) is 14.7. The van der Waals surface area contributed by atoms with Gasteiger partial charge in [0.25, 0.3) is 0 Å². The molecule has 0 heterocycles. The maximum atomic E-state index is 12.5. The van der Waals surface area contributed by atoms with E-state index in [2.05, 4.69) is 37.9 Å². The summed E-state index contributed by atoms with van der Waals surface area (Å²) in [6.07, 6.45) is 0. The summed E-state index contributed by atoms with van der Waals surface area (Å²) in [5, 5.41) is 9.88. The van der Waals surface area contributed by atoms with Crippen LogP contribution in [0.25, 0.3) is 0 Å². The number of hydrogen-bond donors (Lipinski definition) is 0. The zero-order valence-corrected chi connectivity index (χ0v) is 14.0. The summed E-state index contributed by atoms with van der Waals surface area (Å²) >= 11 is 12.5. The lowest BCUT2D eigenvalue weighted by atomic mass is 9.92. The summed E-state index contributed by atoms with van der Waals surface area (Å²) in [5.74, 6) is -1.12. The average Bonchev–Trinajstić information content (AvgIpc) is 2.41. The molecule has 0 aliphatic carbocycles. The van der Waals surface area contributed by atoms with Crippen molar-refractivity contribution in [2.45, 2.75) is 5.92 Å². The Bertz CT molecular complexity index is 709. The van der Waals surface area contributed by atoms with E-state index in [-0.39, 0.29) is 5.78 Å². The van der Waals surface area contributed by atoms with Gasteiger partial charge >= 0.3 is 0 Å². The molecule has 2 aromatic carbocycles. The second kappa shape index (κ2) is 6.53. The molecule has 0 aliphatic rings. The Morgan fingerprint density at radius 3 is 2.45 bits per heavy atom. The van der Waals surface area contributed by atoms with Crippen molar-refractivity contribution in [3.63, 3.8) is 0 Å². The number of ketones is 1. The van der Waals surface area contributed by atoms with E-state index in [0.29, 0.717) is 20.6 Å². The summed E-state index contributed by atoms with van der Waals surface area (Å²) in [6.45, 7) is 0. The fourth-order valence-corrected chi connectivity index (χ4v) is 3.22. The maximum Gasteiger partial charge on any atom is 0.185 e. The van der Waals surface area contributed by atoms with Gasteiger partial charge in [0, 0.05) is 19.5 Å². The number of halogens is 3. The van der Waals surface area contributed by atoms with Gasteiger partial charge in [-0.3, -0.25) is 4.79 Å². The molecule has 5 heteroatoms. The highest BCUT2D eigenvalue weighted by molar-refractivity contribution is 9.10. The fraction of sp³-hybridized carbons (Fsp3) is 0.0667. The minimum atomic E-state index is -0.858. The Labute approximate surface area is 138 Å². The predicted octanol–water partition coefficient (Wildman–Crippen LogP) is 5.36. The smallest absolute Gasteiger partial charge is 0.185 e. The first-order chi connectivity index (χ1) is 9.54. The van der Waals surface area contributed by atoms with Gasteiger partial charge in [-0.2, -0.15) is 5.26 Å². The second-order valence-corrected chi connectivity index (χ2v) is 6.22. The molecule has 2 nitrogen and oxygen atoms in total. The van der Waals surface area contributed by atoms with E-state index >= 15 is 0 Å². The van der Waals surface area contributed by atoms with Crippen LogP contribution in [0.1, 0.15) is 21.8 Å². The quantitative estimate of drug-likeness (QED) is 0.636. The van der Waals surface area contributed by atoms with Crippen LogP contribution in [0.15, 0.2) is 51.4 Å². The Morgan fingerprint density at radius 1 is 1.15 bits per heavy atom.